The van der Waals surface area contributed by atoms with E-state index in [9.17, 15) is 18.0 Å². The van der Waals surface area contributed by atoms with Gasteiger partial charge in [0.15, 0.2) is 6.10 Å². The third-order valence-electron chi connectivity index (χ3n) is 5.14. The van der Waals surface area contributed by atoms with Crippen molar-refractivity contribution in [3.63, 3.8) is 0 Å². The molecule has 1 saturated heterocycles. The maximum atomic E-state index is 13.1. The Hall–Kier alpha value is -2.91. The first-order valence-corrected chi connectivity index (χ1v) is 10.8. The van der Waals surface area contributed by atoms with Crippen molar-refractivity contribution in [2.45, 2.75) is 23.8 Å². The highest BCUT2D eigenvalue weighted by atomic mass is 32.2. The molecule has 2 aliphatic rings. The predicted molar refractivity (Wildman–Crippen MR) is 106 cm³/mol. The van der Waals surface area contributed by atoms with Crippen LogP contribution in [0.1, 0.15) is 23.2 Å². The average molecular weight is 415 g/mol. The zero-order valence-electron chi connectivity index (χ0n) is 15.7. The topological polar surface area (TPSA) is 110 Å². The summed E-state index contributed by atoms with van der Waals surface area (Å²) in [4.78, 5) is 26.3. The van der Waals surface area contributed by atoms with Crippen molar-refractivity contribution >= 4 is 27.5 Å². The van der Waals surface area contributed by atoms with Crippen LogP contribution in [0.4, 0.5) is 5.69 Å². The summed E-state index contributed by atoms with van der Waals surface area (Å²) in [6.07, 6.45) is 0.754. The monoisotopic (exact) mass is 415 g/mol. The van der Waals surface area contributed by atoms with E-state index < -0.39 is 22.0 Å². The number of ether oxygens (including phenoxy) is 1. The van der Waals surface area contributed by atoms with Gasteiger partial charge in [0.1, 0.15) is 5.75 Å². The molecule has 2 N–H and O–H groups in total. The van der Waals surface area contributed by atoms with E-state index >= 15 is 0 Å². The first-order chi connectivity index (χ1) is 13.9. The number of hydrogen-bond acceptors (Lipinski definition) is 5. The lowest BCUT2D eigenvalue weighted by atomic mass is 10.1. The summed E-state index contributed by atoms with van der Waals surface area (Å²) in [5.74, 6) is -0.634. The van der Waals surface area contributed by atoms with Crippen LogP contribution < -0.4 is 15.4 Å². The molecule has 1 fully saturated rings. The van der Waals surface area contributed by atoms with Crippen LogP contribution in [0, 0.1) is 0 Å². The predicted octanol–water partition coefficient (Wildman–Crippen LogP) is 1.36. The number of amides is 2. The number of para-hydroxylation sites is 2. The molecule has 0 radical (unpaired) electrons. The highest BCUT2D eigenvalue weighted by Gasteiger charge is 2.33. The SMILES string of the molecule is NC(=O)[C@@H]1CN(C(=O)c2ccc(S(=O)(=O)N3CCCC3)cc2)c2ccccc2O1. The van der Waals surface area contributed by atoms with Crippen molar-refractivity contribution in [1.29, 1.82) is 0 Å². The smallest absolute Gasteiger partial charge is 0.260 e. The minimum Gasteiger partial charge on any atom is -0.477 e. The summed E-state index contributed by atoms with van der Waals surface area (Å²) >= 11 is 0. The number of nitrogens with two attached hydrogens (primary N) is 1. The third-order valence-corrected chi connectivity index (χ3v) is 7.05. The molecular weight excluding hydrogens is 394 g/mol. The van der Waals surface area contributed by atoms with E-state index in [2.05, 4.69) is 0 Å². The number of sulfonamides is 1. The van der Waals surface area contributed by atoms with Crippen LogP contribution >= 0.6 is 0 Å². The van der Waals surface area contributed by atoms with Crippen molar-refractivity contribution in [3.8, 4) is 5.75 Å². The lowest BCUT2D eigenvalue weighted by Crippen LogP contribution is -2.49. The van der Waals surface area contributed by atoms with Crippen LogP contribution in [0.25, 0.3) is 0 Å². The summed E-state index contributed by atoms with van der Waals surface area (Å²) in [6.45, 7) is 1.02. The Kier molecular flexibility index (Phi) is 5.01. The van der Waals surface area contributed by atoms with E-state index in [1.807, 2.05) is 0 Å². The second-order valence-electron chi connectivity index (χ2n) is 7.03. The van der Waals surface area contributed by atoms with Crippen LogP contribution in [-0.4, -0.2) is 50.3 Å². The molecule has 0 aromatic heterocycles. The summed E-state index contributed by atoms with van der Waals surface area (Å²) < 4.78 is 32.4. The number of hydrogen-bond donors (Lipinski definition) is 1. The molecule has 9 heteroatoms. The van der Waals surface area contributed by atoms with Crippen LogP contribution in [0.15, 0.2) is 53.4 Å². The Morgan fingerprint density at radius 3 is 2.31 bits per heavy atom. The van der Waals surface area contributed by atoms with Gasteiger partial charge in [-0.05, 0) is 49.2 Å². The highest BCUT2D eigenvalue weighted by molar-refractivity contribution is 7.89. The maximum Gasteiger partial charge on any atom is 0.260 e. The van der Waals surface area contributed by atoms with Crippen molar-refractivity contribution in [2.75, 3.05) is 24.5 Å². The fourth-order valence-corrected chi connectivity index (χ4v) is 5.09. The van der Waals surface area contributed by atoms with E-state index in [-0.39, 0.29) is 17.3 Å². The first-order valence-electron chi connectivity index (χ1n) is 9.35. The van der Waals surface area contributed by atoms with E-state index in [0.29, 0.717) is 30.1 Å². The Morgan fingerprint density at radius 1 is 1.00 bits per heavy atom. The summed E-state index contributed by atoms with van der Waals surface area (Å²) in [6, 6.07) is 12.7. The molecule has 8 nitrogen and oxygen atoms in total. The Balaban J connectivity index is 1.62. The molecule has 4 rings (SSSR count). The second kappa shape index (κ2) is 7.49. The standard InChI is InChI=1S/C20H21N3O5S/c21-19(24)18-13-23(16-5-1-2-6-17(16)28-18)20(25)14-7-9-15(10-8-14)29(26,27)22-11-3-4-12-22/h1-2,5-10,18H,3-4,11-13H2,(H2,21,24)/t18-/m0/s1. The second-order valence-corrected chi connectivity index (χ2v) is 8.97. The number of anilines is 1. The molecule has 2 heterocycles. The zero-order valence-corrected chi connectivity index (χ0v) is 16.5. The van der Waals surface area contributed by atoms with Gasteiger partial charge in [-0.3, -0.25) is 9.59 Å². The number of nitrogens with zero attached hydrogens (tertiary/aromatic N) is 2. The minimum absolute atomic E-state index is 0.0149. The molecule has 0 spiro atoms. The number of primary amides is 1. The van der Waals surface area contributed by atoms with Gasteiger partial charge in [0.2, 0.25) is 10.0 Å². The Labute approximate surface area is 168 Å². The molecule has 0 aliphatic carbocycles. The van der Waals surface area contributed by atoms with Crippen molar-refractivity contribution in [3.05, 3.63) is 54.1 Å². The summed E-state index contributed by atoms with van der Waals surface area (Å²) in [5, 5.41) is 0. The molecule has 29 heavy (non-hydrogen) atoms. The van der Waals surface area contributed by atoms with Gasteiger partial charge in [-0.2, -0.15) is 4.31 Å². The molecular formula is C20H21N3O5S. The molecule has 0 bridgehead atoms. The van der Waals surface area contributed by atoms with E-state index in [4.69, 9.17) is 10.5 Å². The molecule has 2 amide bonds. The van der Waals surface area contributed by atoms with Gasteiger partial charge in [-0.25, -0.2) is 8.42 Å². The largest absolute Gasteiger partial charge is 0.477 e. The molecule has 0 unspecified atom stereocenters. The zero-order chi connectivity index (χ0) is 20.6. The fourth-order valence-electron chi connectivity index (χ4n) is 3.58. The van der Waals surface area contributed by atoms with Gasteiger partial charge in [0.25, 0.3) is 11.8 Å². The third kappa shape index (κ3) is 3.58. The van der Waals surface area contributed by atoms with Crippen molar-refractivity contribution in [1.82, 2.24) is 4.31 Å². The summed E-state index contributed by atoms with van der Waals surface area (Å²) in [5.41, 5.74) is 6.22. The average Bonchev–Trinajstić information content (AvgIpc) is 3.28. The van der Waals surface area contributed by atoms with Gasteiger partial charge in [-0.1, -0.05) is 12.1 Å². The van der Waals surface area contributed by atoms with Gasteiger partial charge in [0, 0.05) is 18.7 Å². The Bertz CT molecular complexity index is 1050. The van der Waals surface area contributed by atoms with Gasteiger partial charge in [0.05, 0.1) is 17.1 Å². The van der Waals surface area contributed by atoms with E-state index in [0.717, 1.165) is 12.8 Å². The highest BCUT2D eigenvalue weighted by Crippen LogP contribution is 2.34. The number of rotatable bonds is 4. The quantitative estimate of drug-likeness (QED) is 0.811. The molecule has 2 aromatic rings. The number of fused-ring (bicyclic) bond motifs is 1. The van der Waals surface area contributed by atoms with E-state index in [1.54, 1.807) is 24.3 Å². The van der Waals surface area contributed by atoms with Crippen LogP contribution in [0.5, 0.6) is 5.75 Å². The van der Waals surface area contributed by atoms with Gasteiger partial charge < -0.3 is 15.4 Å². The molecule has 2 aromatic carbocycles. The van der Waals surface area contributed by atoms with E-state index in [1.165, 1.54) is 33.5 Å². The number of carbonyl (C=O) groups excluding carboxylic acids is 2. The molecule has 0 saturated carbocycles. The maximum absolute atomic E-state index is 13.1. The number of benzene rings is 2. The van der Waals surface area contributed by atoms with Crippen LogP contribution in [0.2, 0.25) is 0 Å². The lowest BCUT2D eigenvalue weighted by Gasteiger charge is -2.33. The molecule has 2 aliphatic heterocycles. The van der Waals surface area contributed by atoms with Crippen LogP contribution in [0.3, 0.4) is 0 Å². The Morgan fingerprint density at radius 2 is 1.66 bits per heavy atom. The fraction of sp³-hybridized carbons (Fsp3) is 0.300. The van der Waals surface area contributed by atoms with Crippen molar-refractivity contribution in [2.24, 2.45) is 5.73 Å². The summed E-state index contributed by atoms with van der Waals surface area (Å²) in [7, 11) is -3.55. The normalized spacial score (nSPS) is 19.4. The van der Waals surface area contributed by atoms with Crippen LogP contribution in [-0.2, 0) is 14.8 Å². The minimum atomic E-state index is -3.55. The molecule has 1 atom stereocenters. The number of carbonyl (C=O) groups is 2. The molecule has 152 valence electrons. The van der Waals surface area contributed by atoms with Gasteiger partial charge in [-0.15, -0.1) is 0 Å². The lowest BCUT2D eigenvalue weighted by molar-refractivity contribution is -0.124. The van der Waals surface area contributed by atoms with Crippen molar-refractivity contribution < 1.29 is 22.7 Å². The first kappa shape index (κ1) is 19.4. The van der Waals surface area contributed by atoms with Gasteiger partial charge >= 0.3 is 0 Å².